The van der Waals surface area contributed by atoms with Crippen molar-refractivity contribution in [3.63, 3.8) is 0 Å². The van der Waals surface area contributed by atoms with E-state index in [-0.39, 0.29) is 0 Å². The minimum Gasteiger partial charge on any atom is -0.385 e. The molecule has 1 aliphatic carbocycles. The largest absolute Gasteiger partial charge is 0.385 e. The first-order chi connectivity index (χ1) is 8.27. The molecule has 2 N–H and O–H groups in total. The number of halogens is 1. The van der Waals surface area contributed by atoms with Crippen molar-refractivity contribution in [2.75, 3.05) is 5.73 Å². The summed E-state index contributed by atoms with van der Waals surface area (Å²) in [5.41, 5.74) is 7.15. The maximum absolute atomic E-state index is 6.08. The van der Waals surface area contributed by atoms with Gasteiger partial charge in [-0.15, -0.1) is 0 Å². The fraction of sp³-hybridized carbons (Fsp3) is 0.462. The molecule has 3 nitrogen and oxygen atoms in total. The van der Waals surface area contributed by atoms with Crippen LogP contribution in [0.5, 0.6) is 0 Å². The number of aromatic nitrogens is 2. The Morgan fingerprint density at radius 3 is 2.76 bits per heavy atom. The van der Waals surface area contributed by atoms with E-state index in [0.717, 1.165) is 21.8 Å². The van der Waals surface area contributed by atoms with E-state index >= 15 is 0 Å². The van der Waals surface area contributed by atoms with E-state index in [4.69, 9.17) is 5.73 Å². The number of nitrogens with zero attached hydrogens (tertiary/aromatic N) is 2. The maximum atomic E-state index is 6.08. The Morgan fingerprint density at radius 1 is 1.24 bits per heavy atom. The number of fused-ring (bicyclic) bond motifs is 1. The highest BCUT2D eigenvalue weighted by atomic mass is 79.9. The van der Waals surface area contributed by atoms with E-state index in [1.165, 1.54) is 32.1 Å². The predicted molar refractivity (Wildman–Crippen MR) is 73.1 cm³/mol. The lowest BCUT2D eigenvalue weighted by Gasteiger charge is -2.20. The zero-order valence-corrected chi connectivity index (χ0v) is 11.3. The summed E-state index contributed by atoms with van der Waals surface area (Å²) in [4.78, 5) is 4.67. The maximum Gasteiger partial charge on any atom is 0.132 e. The Bertz CT molecular complexity index is 541. The average molecular weight is 294 g/mol. The summed E-state index contributed by atoms with van der Waals surface area (Å²) in [7, 11) is 0. The molecule has 0 aliphatic heterocycles. The van der Waals surface area contributed by atoms with Gasteiger partial charge in [0.05, 0.1) is 5.52 Å². The van der Waals surface area contributed by atoms with Crippen molar-refractivity contribution < 1.29 is 0 Å². The van der Waals surface area contributed by atoms with E-state index in [0.29, 0.717) is 5.92 Å². The molecule has 0 radical (unpaired) electrons. The van der Waals surface area contributed by atoms with Crippen LogP contribution in [0.1, 0.15) is 43.8 Å². The molecule has 2 aromatic rings. The number of nitrogens with two attached hydrogens (primary N) is 1. The van der Waals surface area contributed by atoms with Gasteiger partial charge >= 0.3 is 0 Å². The van der Waals surface area contributed by atoms with Crippen LogP contribution in [0.3, 0.4) is 0 Å². The zero-order valence-electron chi connectivity index (χ0n) is 9.69. The molecular weight excluding hydrogens is 278 g/mol. The van der Waals surface area contributed by atoms with E-state index in [9.17, 15) is 0 Å². The lowest BCUT2D eigenvalue weighted by molar-refractivity contribution is 0.428. The second-order valence-electron chi connectivity index (χ2n) is 4.77. The summed E-state index contributed by atoms with van der Waals surface area (Å²) < 4.78 is 3.01. The molecule has 17 heavy (non-hydrogen) atoms. The smallest absolute Gasteiger partial charge is 0.132 e. The van der Waals surface area contributed by atoms with Crippen molar-refractivity contribution in [3.05, 3.63) is 28.6 Å². The molecule has 0 bridgehead atoms. The first kappa shape index (κ1) is 11.1. The molecule has 2 heterocycles. The first-order valence-corrected chi connectivity index (χ1v) is 6.99. The van der Waals surface area contributed by atoms with Gasteiger partial charge in [0.15, 0.2) is 0 Å². The van der Waals surface area contributed by atoms with E-state index in [1.54, 1.807) is 0 Å². The SMILES string of the molecule is Nc1cccc2c(Br)nc(C3CCCCC3)n12. The Hall–Kier alpha value is -1.03. The van der Waals surface area contributed by atoms with Gasteiger partial charge in [0, 0.05) is 5.92 Å². The second-order valence-corrected chi connectivity index (χ2v) is 5.52. The number of anilines is 1. The van der Waals surface area contributed by atoms with Gasteiger partial charge in [0.2, 0.25) is 0 Å². The highest BCUT2D eigenvalue weighted by molar-refractivity contribution is 9.10. The Labute approximate surface area is 109 Å². The van der Waals surface area contributed by atoms with Gasteiger partial charge in [-0.1, -0.05) is 25.3 Å². The molecule has 0 amide bonds. The summed E-state index contributed by atoms with van der Waals surface area (Å²) >= 11 is 3.53. The van der Waals surface area contributed by atoms with Crippen molar-refractivity contribution in [1.29, 1.82) is 0 Å². The summed E-state index contributed by atoms with van der Waals surface area (Å²) in [6.45, 7) is 0. The van der Waals surface area contributed by atoms with Crippen LogP contribution in [0.25, 0.3) is 5.52 Å². The number of nitrogen functional groups attached to an aromatic ring is 1. The van der Waals surface area contributed by atoms with Crippen LogP contribution >= 0.6 is 15.9 Å². The average Bonchev–Trinajstić information content (AvgIpc) is 2.70. The number of rotatable bonds is 1. The lowest BCUT2D eigenvalue weighted by atomic mass is 9.89. The van der Waals surface area contributed by atoms with Gasteiger partial charge in [-0.3, -0.25) is 4.40 Å². The van der Waals surface area contributed by atoms with E-state index in [1.807, 2.05) is 12.1 Å². The molecule has 90 valence electrons. The molecule has 2 aromatic heterocycles. The van der Waals surface area contributed by atoms with Crippen LogP contribution < -0.4 is 5.73 Å². The van der Waals surface area contributed by atoms with Crippen molar-refractivity contribution in [3.8, 4) is 0 Å². The lowest BCUT2D eigenvalue weighted by Crippen LogP contribution is -2.10. The number of hydrogen-bond donors (Lipinski definition) is 1. The monoisotopic (exact) mass is 293 g/mol. The molecule has 3 rings (SSSR count). The van der Waals surface area contributed by atoms with Crippen LogP contribution in [0, 0.1) is 0 Å². The normalized spacial score (nSPS) is 17.7. The molecule has 0 atom stereocenters. The quantitative estimate of drug-likeness (QED) is 0.871. The molecule has 1 saturated carbocycles. The van der Waals surface area contributed by atoms with Crippen LogP contribution in [-0.4, -0.2) is 9.38 Å². The number of pyridine rings is 1. The molecule has 0 aromatic carbocycles. The zero-order chi connectivity index (χ0) is 11.8. The van der Waals surface area contributed by atoms with Gasteiger partial charge in [0.1, 0.15) is 16.2 Å². The summed E-state index contributed by atoms with van der Waals surface area (Å²) in [6, 6.07) is 5.97. The van der Waals surface area contributed by atoms with Crippen molar-refractivity contribution in [1.82, 2.24) is 9.38 Å². The Morgan fingerprint density at radius 2 is 2.00 bits per heavy atom. The van der Waals surface area contributed by atoms with Crippen molar-refractivity contribution >= 4 is 27.3 Å². The van der Waals surface area contributed by atoms with Crippen LogP contribution in [0.2, 0.25) is 0 Å². The fourth-order valence-electron chi connectivity index (χ4n) is 2.79. The van der Waals surface area contributed by atoms with Gasteiger partial charge in [0.25, 0.3) is 0 Å². The van der Waals surface area contributed by atoms with E-state index < -0.39 is 0 Å². The third-order valence-electron chi connectivity index (χ3n) is 3.64. The second kappa shape index (κ2) is 4.33. The highest BCUT2D eigenvalue weighted by Gasteiger charge is 2.22. The van der Waals surface area contributed by atoms with Gasteiger partial charge < -0.3 is 5.73 Å². The topological polar surface area (TPSA) is 43.3 Å². The van der Waals surface area contributed by atoms with Crippen LogP contribution in [0.15, 0.2) is 22.8 Å². The standard InChI is InChI=1S/C13H16BrN3/c14-12-10-7-4-8-11(15)17(10)13(16-12)9-5-2-1-3-6-9/h4,7-9H,1-3,5-6,15H2. The van der Waals surface area contributed by atoms with Crippen LogP contribution in [0.4, 0.5) is 5.82 Å². The van der Waals surface area contributed by atoms with Crippen molar-refractivity contribution in [2.24, 2.45) is 0 Å². The Balaban J connectivity index is 2.15. The summed E-state index contributed by atoms with van der Waals surface area (Å²) in [6.07, 6.45) is 6.45. The Kier molecular flexibility index (Phi) is 2.82. The van der Waals surface area contributed by atoms with E-state index in [2.05, 4.69) is 31.4 Å². The third-order valence-corrected chi connectivity index (χ3v) is 4.23. The molecule has 1 aliphatic rings. The molecule has 0 spiro atoms. The predicted octanol–water partition coefficient (Wildman–Crippen LogP) is 3.73. The highest BCUT2D eigenvalue weighted by Crippen LogP contribution is 2.35. The fourth-order valence-corrected chi connectivity index (χ4v) is 3.28. The third kappa shape index (κ3) is 1.84. The van der Waals surface area contributed by atoms with Gasteiger partial charge in [-0.25, -0.2) is 4.98 Å². The van der Waals surface area contributed by atoms with Crippen molar-refractivity contribution in [2.45, 2.75) is 38.0 Å². The molecule has 1 fully saturated rings. The minimum atomic E-state index is 0.562. The minimum absolute atomic E-state index is 0.562. The van der Waals surface area contributed by atoms with Gasteiger partial charge in [-0.05, 0) is 40.9 Å². The molecule has 4 heteroatoms. The molecule has 0 saturated heterocycles. The summed E-state index contributed by atoms with van der Waals surface area (Å²) in [5.74, 6) is 2.47. The number of imidazole rings is 1. The van der Waals surface area contributed by atoms with Gasteiger partial charge in [-0.2, -0.15) is 0 Å². The summed E-state index contributed by atoms with van der Waals surface area (Å²) in [5, 5.41) is 0. The molecule has 0 unspecified atom stereocenters. The first-order valence-electron chi connectivity index (χ1n) is 6.19. The van der Waals surface area contributed by atoms with Crippen LogP contribution in [-0.2, 0) is 0 Å². The number of hydrogen-bond acceptors (Lipinski definition) is 2. The molecular formula is C13H16BrN3.